The largest absolute Gasteiger partial charge is 0.395 e. The average molecular weight is 283 g/mol. The van der Waals surface area contributed by atoms with Crippen molar-refractivity contribution < 1.29 is 9.90 Å². The molecule has 0 bridgehead atoms. The Kier molecular flexibility index (Phi) is 4.75. The molecule has 0 aliphatic carbocycles. The Hall–Kier alpha value is -2.58. The maximum absolute atomic E-state index is 12.1. The first-order valence-corrected chi connectivity index (χ1v) is 6.60. The van der Waals surface area contributed by atoms with Gasteiger partial charge in [0.05, 0.1) is 18.5 Å². The van der Waals surface area contributed by atoms with Gasteiger partial charge in [-0.1, -0.05) is 11.8 Å². The van der Waals surface area contributed by atoms with Crippen molar-refractivity contribution in [3.05, 3.63) is 47.3 Å². The fourth-order valence-electron chi connectivity index (χ4n) is 1.85. The number of aryl methyl sites for hydroxylation is 2. The molecular formula is C16H17N3O2. The zero-order valence-electron chi connectivity index (χ0n) is 12.1. The number of benzene rings is 1. The molecule has 0 atom stereocenters. The second kappa shape index (κ2) is 6.73. The van der Waals surface area contributed by atoms with Gasteiger partial charge in [-0.15, -0.1) is 0 Å². The van der Waals surface area contributed by atoms with E-state index in [0.717, 1.165) is 11.1 Å². The summed E-state index contributed by atoms with van der Waals surface area (Å²) < 4.78 is 1.63. The molecule has 0 saturated carbocycles. The average Bonchev–Trinajstić information content (AvgIpc) is 2.86. The minimum atomic E-state index is -0.180. The number of nitrogens with zero attached hydrogens (tertiary/aromatic N) is 2. The van der Waals surface area contributed by atoms with Crippen LogP contribution in [-0.2, 0) is 7.05 Å². The van der Waals surface area contributed by atoms with Gasteiger partial charge in [-0.2, -0.15) is 5.10 Å². The molecule has 0 unspecified atom stereocenters. The highest BCUT2D eigenvalue weighted by molar-refractivity contribution is 6.04. The summed E-state index contributed by atoms with van der Waals surface area (Å²) in [6.07, 6.45) is 3.78. The van der Waals surface area contributed by atoms with Crippen molar-refractivity contribution in [2.75, 3.05) is 11.9 Å². The highest BCUT2D eigenvalue weighted by Crippen LogP contribution is 2.12. The smallest absolute Gasteiger partial charge is 0.255 e. The van der Waals surface area contributed by atoms with E-state index < -0.39 is 0 Å². The summed E-state index contributed by atoms with van der Waals surface area (Å²) in [6, 6.07) is 5.36. The zero-order chi connectivity index (χ0) is 15.2. The molecule has 2 aromatic rings. The number of hydrogen-bond donors (Lipinski definition) is 2. The molecule has 5 nitrogen and oxygen atoms in total. The number of rotatable bonds is 3. The summed E-state index contributed by atoms with van der Waals surface area (Å²) >= 11 is 0. The fourth-order valence-corrected chi connectivity index (χ4v) is 1.85. The lowest BCUT2D eigenvalue weighted by Gasteiger charge is -2.05. The number of nitrogens with one attached hydrogen (secondary N) is 1. The van der Waals surface area contributed by atoms with Gasteiger partial charge in [0.1, 0.15) is 0 Å². The summed E-state index contributed by atoms with van der Waals surface area (Å²) in [5, 5.41) is 15.5. The van der Waals surface area contributed by atoms with Crippen molar-refractivity contribution in [1.82, 2.24) is 9.78 Å². The van der Waals surface area contributed by atoms with Crippen LogP contribution >= 0.6 is 0 Å². The molecular weight excluding hydrogens is 266 g/mol. The highest BCUT2D eigenvalue weighted by Gasteiger charge is 2.08. The summed E-state index contributed by atoms with van der Waals surface area (Å²) in [7, 11) is 1.79. The molecule has 108 valence electrons. The van der Waals surface area contributed by atoms with Crippen LogP contribution in [0.25, 0.3) is 0 Å². The molecule has 0 fully saturated rings. The molecule has 2 rings (SSSR count). The van der Waals surface area contributed by atoms with Gasteiger partial charge in [0.15, 0.2) is 0 Å². The Morgan fingerprint density at radius 2 is 2.29 bits per heavy atom. The number of anilines is 1. The Balaban J connectivity index is 2.12. The summed E-state index contributed by atoms with van der Waals surface area (Å²) in [6.45, 7) is 1.96. The first kappa shape index (κ1) is 14.8. The van der Waals surface area contributed by atoms with Crippen LogP contribution in [0.5, 0.6) is 0 Å². The van der Waals surface area contributed by atoms with Crippen molar-refractivity contribution in [2.24, 2.45) is 7.05 Å². The molecule has 0 saturated heterocycles. The van der Waals surface area contributed by atoms with Gasteiger partial charge in [0.25, 0.3) is 5.91 Å². The van der Waals surface area contributed by atoms with E-state index in [1.54, 1.807) is 36.3 Å². The first-order chi connectivity index (χ1) is 10.1. The molecule has 1 heterocycles. The highest BCUT2D eigenvalue weighted by atomic mass is 16.2. The third kappa shape index (κ3) is 3.94. The standard InChI is InChI=1S/C16H17N3O2/c1-12-9-14(7-6-13(12)5-3-4-8-20)16(21)18-15-10-17-19(2)11-15/h6-7,9-11,20H,4,8H2,1-2H3,(H,18,21). The maximum atomic E-state index is 12.1. The molecule has 0 aliphatic rings. The van der Waals surface area contributed by atoms with E-state index in [2.05, 4.69) is 22.3 Å². The number of aliphatic hydroxyl groups is 1. The lowest BCUT2D eigenvalue weighted by molar-refractivity contribution is 0.102. The molecule has 0 aliphatic heterocycles. The van der Waals surface area contributed by atoms with Gasteiger partial charge in [-0.25, -0.2) is 0 Å². The molecule has 0 radical (unpaired) electrons. The summed E-state index contributed by atoms with van der Waals surface area (Å²) in [5.74, 6) is 5.67. The van der Waals surface area contributed by atoms with E-state index in [4.69, 9.17) is 5.11 Å². The first-order valence-electron chi connectivity index (χ1n) is 6.60. The molecule has 1 aromatic heterocycles. The molecule has 5 heteroatoms. The molecule has 21 heavy (non-hydrogen) atoms. The SMILES string of the molecule is Cc1cc(C(=O)Nc2cnn(C)c2)ccc1C#CCCO. The van der Waals surface area contributed by atoms with Crippen LogP contribution in [0.3, 0.4) is 0 Å². The molecule has 1 aromatic carbocycles. The number of amides is 1. The molecule has 1 amide bonds. The van der Waals surface area contributed by atoms with Crippen LogP contribution < -0.4 is 5.32 Å². The maximum Gasteiger partial charge on any atom is 0.255 e. The van der Waals surface area contributed by atoms with E-state index in [0.29, 0.717) is 17.7 Å². The van der Waals surface area contributed by atoms with Gasteiger partial charge >= 0.3 is 0 Å². The number of hydrogen-bond acceptors (Lipinski definition) is 3. The van der Waals surface area contributed by atoms with E-state index in [1.165, 1.54) is 0 Å². The van der Waals surface area contributed by atoms with Crippen molar-refractivity contribution in [3.63, 3.8) is 0 Å². The Bertz CT molecular complexity index is 708. The second-order valence-electron chi connectivity index (χ2n) is 4.66. The van der Waals surface area contributed by atoms with Crippen molar-refractivity contribution in [1.29, 1.82) is 0 Å². The van der Waals surface area contributed by atoms with E-state index in [9.17, 15) is 4.79 Å². The van der Waals surface area contributed by atoms with Gasteiger partial charge in [0.2, 0.25) is 0 Å². The van der Waals surface area contributed by atoms with Crippen LogP contribution in [-0.4, -0.2) is 27.4 Å². The summed E-state index contributed by atoms with van der Waals surface area (Å²) in [5.41, 5.74) is 3.02. The Morgan fingerprint density at radius 3 is 2.90 bits per heavy atom. The van der Waals surface area contributed by atoms with Crippen molar-refractivity contribution >= 4 is 11.6 Å². The second-order valence-corrected chi connectivity index (χ2v) is 4.66. The van der Waals surface area contributed by atoms with Gasteiger partial charge in [-0.3, -0.25) is 9.48 Å². The van der Waals surface area contributed by atoms with Crippen LogP contribution in [0.4, 0.5) is 5.69 Å². The van der Waals surface area contributed by atoms with Crippen LogP contribution in [0.15, 0.2) is 30.6 Å². The topological polar surface area (TPSA) is 67.2 Å². The number of carbonyl (C=O) groups excluding carboxylic acids is 1. The zero-order valence-corrected chi connectivity index (χ0v) is 12.1. The number of aromatic nitrogens is 2. The lowest BCUT2D eigenvalue weighted by atomic mass is 10.0. The quantitative estimate of drug-likeness (QED) is 0.843. The Morgan fingerprint density at radius 1 is 1.48 bits per heavy atom. The molecule has 0 spiro atoms. The number of aliphatic hydroxyl groups excluding tert-OH is 1. The third-order valence-electron chi connectivity index (χ3n) is 2.91. The van der Waals surface area contributed by atoms with Crippen LogP contribution in [0, 0.1) is 18.8 Å². The van der Waals surface area contributed by atoms with Gasteiger partial charge in [0, 0.05) is 30.8 Å². The van der Waals surface area contributed by atoms with Crippen molar-refractivity contribution in [3.8, 4) is 11.8 Å². The van der Waals surface area contributed by atoms with E-state index in [1.807, 2.05) is 13.0 Å². The Labute approximate surface area is 123 Å². The number of carbonyl (C=O) groups is 1. The van der Waals surface area contributed by atoms with Crippen LogP contribution in [0.2, 0.25) is 0 Å². The molecule has 2 N–H and O–H groups in total. The van der Waals surface area contributed by atoms with Gasteiger partial charge in [-0.05, 0) is 30.7 Å². The minimum absolute atomic E-state index is 0.0532. The third-order valence-corrected chi connectivity index (χ3v) is 2.91. The van der Waals surface area contributed by atoms with Crippen LogP contribution in [0.1, 0.15) is 27.9 Å². The lowest BCUT2D eigenvalue weighted by Crippen LogP contribution is -2.11. The predicted molar refractivity (Wildman–Crippen MR) is 80.9 cm³/mol. The summed E-state index contributed by atoms with van der Waals surface area (Å²) in [4.78, 5) is 12.1. The fraction of sp³-hybridized carbons (Fsp3) is 0.250. The normalized spacial score (nSPS) is 9.86. The van der Waals surface area contributed by atoms with E-state index >= 15 is 0 Å². The predicted octanol–water partition coefficient (Wildman–Crippen LogP) is 1.71. The minimum Gasteiger partial charge on any atom is -0.395 e. The van der Waals surface area contributed by atoms with Gasteiger partial charge < -0.3 is 10.4 Å². The van der Waals surface area contributed by atoms with Crippen molar-refractivity contribution in [2.45, 2.75) is 13.3 Å². The monoisotopic (exact) mass is 283 g/mol. The van der Waals surface area contributed by atoms with E-state index in [-0.39, 0.29) is 12.5 Å².